The lowest BCUT2D eigenvalue weighted by Gasteiger charge is -2.29. The highest BCUT2D eigenvalue weighted by Gasteiger charge is 2.32. The molecule has 0 heterocycles. The van der Waals surface area contributed by atoms with Crippen molar-refractivity contribution in [2.75, 3.05) is 13.2 Å². The number of rotatable bonds is 18. The quantitative estimate of drug-likeness (QED) is 0.0696. The maximum absolute atomic E-state index is 13.1. The number of esters is 2. The Morgan fingerprint density at radius 2 is 1.40 bits per heavy atom. The number of benzene rings is 2. The Labute approximate surface area is 282 Å². The van der Waals surface area contributed by atoms with Crippen molar-refractivity contribution in [3.63, 3.8) is 0 Å². The second-order valence-electron chi connectivity index (χ2n) is 13.4. The summed E-state index contributed by atoms with van der Waals surface area (Å²) in [7, 11) is 0. The Balaban J connectivity index is 1.14. The molecule has 0 spiro atoms. The van der Waals surface area contributed by atoms with Gasteiger partial charge < -0.3 is 18.9 Å². The molecule has 47 heavy (non-hydrogen) atoms. The average molecular weight is 645 g/mol. The van der Waals surface area contributed by atoms with Gasteiger partial charge in [0.05, 0.1) is 24.5 Å². The van der Waals surface area contributed by atoms with Gasteiger partial charge >= 0.3 is 11.9 Å². The van der Waals surface area contributed by atoms with Crippen molar-refractivity contribution in [3.8, 4) is 17.2 Å². The summed E-state index contributed by atoms with van der Waals surface area (Å²) in [5.74, 6) is 2.35. The van der Waals surface area contributed by atoms with E-state index in [4.69, 9.17) is 18.9 Å². The van der Waals surface area contributed by atoms with Crippen LogP contribution in [-0.2, 0) is 14.3 Å². The molecule has 2 aromatic rings. The molecule has 0 aliphatic heterocycles. The fraction of sp³-hybridized carbons (Fsp3) is 0.561. The first-order chi connectivity index (χ1) is 22.9. The minimum atomic E-state index is -0.245. The molecule has 0 saturated heterocycles. The van der Waals surface area contributed by atoms with E-state index in [-0.39, 0.29) is 29.9 Å². The summed E-state index contributed by atoms with van der Waals surface area (Å²) >= 11 is 0. The van der Waals surface area contributed by atoms with Crippen LogP contribution in [0.5, 0.6) is 17.2 Å². The van der Waals surface area contributed by atoms with Gasteiger partial charge in [0, 0.05) is 12.2 Å². The average Bonchev–Trinajstić information content (AvgIpc) is 3.10. The van der Waals surface area contributed by atoms with Crippen LogP contribution < -0.4 is 14.2 Å². The van der Waals surface area contributed by atoms with Crippen molar-refractivity contribution in [1.29, 1.82) is 0 Å². The van der Waals surface area contributed by atoms with Gasteiger partial charge in [-0.2, -0.15) is 0 Å². The molecule has 6 heteroatoms. The number of carbonyl (C=O) groups is 2. The number of carbonyl (C=O) groups excluding carboxylic acids is 2. The summed E-state index contributed by atoms with van der Waals surface area (Å²) in [5.41, 5.74) is 2.19. The van der Waals surface area contributed by atoms with Gasteiger partial charge in [-0.15, -0.1) is 6.58 Å². The Bertz CT molecular complexity index is 1270. The minimum absolute atomic E-state index is 0.108. The largest absolute Gasteiger partial charge is 0.494 e. The van der Waals surface area contributed by atoms with Gasteiger partial charge in [-0.3, -0.25) is 9.59 Å². The Morgan fingerprint density at radius 1 is 0.787 bits per heavy atom. The van der Waals surface area contributed by atoms with E-state index in [0.717, 1.165) is 49.5 Å². The van der Waals surface area contributed by atoms with Crippen LogP contribution in [-0.4, -0.2) is 31.3 Å². The van der Waals surface area contributed by atoms with Crippen LogP contribution in [0.25, 0.3) is 6.08 Å². The SMILES string of the molecule is C=Cc1cc(C2CCC(CCC)CC2)ccc1OC(=O)C1CCC(C(=O)Oc2ccc(OCCCCCCOC(C)C=C)cc2)CC1. The summed E-state index contributed by atoms with van der Waals surface area (Å²) in [4.78, 5) is 26.0. The van der Waals surface area contributed by atoms with E-state index < -0.39 is 0 Å². The molecule has 1 atom stereocenters. The van der Waals surface area contributed by atoms with E-state index in [0.29, 0.717) is 49.7 Å². The molecule has 0 amide bonds. The summed E-state index contributed by atoms with van der Waals surface area (Å²) in [6.07, 6.45) is 18.0. The number of unbranched alkanes of at least 4 members (excludes halogenated alkanes) is 3. The van der Waals surface area contributed by atoms with Gasteiger partial charge in [0.15, 0.2) is 0 Å². The molecule has 2 aromatic carbocycles. The summed E-state index contributed by atoms with van der Waals surface area (Å²) in [5, 5.41) is 0. The molecule has 0 bridgehead atoms. The molecule has 0 radical (unpaired) electrons. The molecule has 2 fully saturated rings. The van der Waals surface area contributed by atoms with Crippen LogP contribution in [0.15, 0.2) is 61.7 Å². The van der Waals surface area contributed by atoms with E-state index in [2.05, 4.69) is 32.2 Å². The highest BCUT2D eigenvalue weighted by molar-refractivity contribution is 5.78. The molecule has 2 aliphatic rings. The zero-order valence-corrected chi connectivity index (χ0v) is 28.8. The fourth-order valence-electron chi connectivity index (χ4n) is 6.91. The lowest BCUT2D eigenvalue weighted by molar-refractivity contribution is -0.145. The second kappa shape index (κ2) is 19.4. The van der Waals surface area contributed by atoms with E-state index in [1.54, 1.807) is 18.2 Å². The molecule has 256 valence electrons. The monoisotopic (exact) mass is 644 g/mol. The van der Waals surface area contributed by atoms with Gasteiger partial charge in [0.2, 0.25) is 0 Å². The van der Waals surface area contributed by atoms with Gasteiger partial charge in [-0.25, -0.2) is 0 Å². The Kier molecular flexibility index (Phi) is 15.1. The smallest absolute Gasteiger partial charge is 0.314 e. The normalized spacial score (nSPS) is 21.7. The minimum Gasteiger partial charge on any atom is -0.494 e. The van der Waals surface area contributed by atoms with Gasteiger partial charge in [0.1, 0.15) is 17.2 Å². The molecule has 4 rings (SSSR count). The van der Waals surface area contributed by atoms with Crippen LogP contribution in [0.1, 0.15) is 121 Å². The lowest BCUT2D eigenvalue weighted by Crippen LogP contribution is -2.30. The van der Waals surface area contributed by atoms with Gasteiger partial charge in [-0.1, -0.05) is 51.0 Å². The Morgan fingerprint density at radius 3 is 2.02 bits per heavy atom. The fourth-order valence-corrected chi connectivity index (χ4v) is 6.91. The second-order valence-corrected chi connectivity index (χ2v) is 13.4. The standard InChI is InChI=1S/C41H56O6/c1-5-12-31-13-15-33(16-14-31)36-21-26-39(32(7-3)29-36)47-41(43)35-19-17-34(18-20-35)40(42)46-38-24-22-37(23-25-38)45-28-11-9-8-10-27-44-30(4)6-2/h6-7,21-26,29-31,33-35H,2-3,5,8-20,27-28H2,1,4H3. The molecular weight excluding hydrogens is 588 g/mol. The van der Waals surface area contributed by atoms with Crippen molar-refractivity contribution >= 4 is 18.0 Å². The van der Waals surface area contributed by atoms with Crippen LogP contribution in [0.4, 0.5) is 0 Å². The maximum Gasteiger partial charge on any atom is 0.314 e. The third-order valence-corrected chi connectivity index (χ3v) is 9.94. The summed E-state index contributed by atoms with van der Waals surface area (Å²) < 4.78 is 23.0. The van der Waals surface area contributed by atoms with E-state index in [1.807, 2.05) is 31.2 Å². The number of hydrogen-bond acceptors (Lipinski definition) is 6. The first-order valence-electron chi connectivity index (χ1n) is 18.1. The Hall–Kier alpha value is -3.38. The van der Waals surface area contributed by atoms with Gasteiger partial charge in [0.25, 0.3) is 0 Å². The predicted molar refractivity (Wildman–Crippen MR) is 189 cm³/mol. The van der Waals surface area contributed by atoms with E-state index >= 15 is 0 Å². The zero-order chi connectivity index (χ0) is 33.4. The maximum atomic E-state index is 13.1. The molecule has 6 nitrogen and oxygen atoms in total. The van der Waals surface area contributed by atoms with Crippen molar-refractivity contribution in [2.45, 2.75) is 116 Å². The van der Waals surface area contributed by atoms with Crippen LogP contribution in [0, 0.1) is 17.8 Å². The predicted octanol–water partition coefficient (Wildman–Crippen LogP) is 10.3. The third kappa shape index (κ3) is 11.7. The van der Waals surface area contributed by atoms with Crippen LogP contribution in [0.2, 0.25) is 0 Å². The summed E-state index contributed by atoms with van der Waals surface area (Å²) in [6, 6.07) is 13.4. The molecule has 0 N–H and O–H groups in total. The van der Waals surface area contributed by atoms with E-state index in [1.165, 1.54) is 44.1 Å². The summed E-state index contributed by atoms with van der Waals surface area (Å²) in [6.45, 7) is 13.4. The molecule has 2 saturated carbocycles. The molecule has 1 unspecified atom stereocenters. The highest BCUT2D eigenvalue weighted by atomic mass is 16.5. The van der Waals surface area contributed by atoms with E-state index in [9.17, 15) is 9.59 Å². The molecule has 2 aliphatic carbocycles. The number of ether oxygens (including phenoxy) is 4. The molecule has 0 aromatic heterocycles. The number of hydrogen-bond donors (Lipinski definition) is 0. The molecular formula is C41H56O6. The first kappa shape index (κ1) is 36.5. The third-order valence-electron chi connectivity index (χ3n) is 9.94. The highest BCUT2D eigenvalue weighted by Crippen LogP contribution is 2.39. The van der Waals surface area contributed by atoms with Crippen molar-refractivity contribution in [3.05, 3.63) is 72.8 Å². The topological polar surface area (TPSA) is 71.1 Å². The van der Waals surface area contributed by atoms with Crippen LogP contribution >= 0.6 is 0 Å². The van der Waals surface area contributed by atoms with Crippen molar-refractivity contribution in [1.82, 2.24) is 0 Å². The zero-order valence-electron chi connectivity index (χ0n) is 28.8. The van der Waals surface area contributed by atoms with Crippen LogP contribution in [0.3, 0.4) is 0 Å². The van der Waals surface area contributed by atoms with Crippen molar-refractivity contribution in [2.24, 2.45) is 17.8 Å². The first-order valence-corrected chi connectivity index (χ1v) is 18.1. The van der Waals surface area contributed by atoms with Crippen molar-refractivity contribution < 1.29 is 28.5 Å². The lowest BCUT2D eigenvalue weighted by atomic mass is 9.77. The van der Waals surface area contributed by atoms with Gasteiger partial charge in [-0.05, 0) is 131 Å².